The molecule has 0 unspecified atom stereocenters. The predicted octanol–water partition coefficient (Wildman–Crippen LogP) is 4.96. The Bertz CT molecular complexity index is 1170. The minimum atomic E-state index is -0.531. The minimum absolute atomic E-state index is 0.0238. The number of anilines is 1. The van der Waals surface area contributed by atoms with Gasteiger partial charge in [-0.15, -0.1) is 0 Å². The van der Waals surface area contributed by atoms with E-state index in [0.717, 1.165) is 0 Å². The minimum Gasteiger partial charge on any atom is -0.497 e. The van der Waals surface area contributed by atoms with Gasteiger partial charge in [-0.2, -0.15) is 0 Å². The molecule has 0 saturated carbocycles. The summed E-state index contributed by atoms with van der Waals surface area (Å²) >= 11 is 6.12. The van der Waals surface area contributed by atoms with Crippen molar-refractivity contribution >= 4 is 41.0 Å². The molecule has 6 nitrogen and oxygen atoms in total. The van der Waals surface area contributed by atoms with Crippen LogP contribution in [0.1, 0.15) is 33.2 Å². The van der Waals surface area contributed by atoms with Crippen LogP contribution in [0.3, 0.4) is 0 Å². The van der Waals surface area contributed by atoms with Gasteiger partial charge in [0, 0.05) is 11.3 Å². The first-order chi connectivity index (χ1) is 15.4. The third-order valence-corrected chi connectivity index (χ3v) is 4.92. The zero-order valence-corrected chi connectivity index (χ0v) is 18.3. The first-order valence-corrected chi connectivity index (χ1v) is 10.1. The normalized spacial score (nSPS) is 10.9. The van der Waals surface area contributed by atoms with E-state index in [2.05, 4.69) is 10.6 Å². The Morgan fingerprint density at radius 2 is 1.56 bits per heavy atom. The quantitative estimate of drug-likeness (QED) is 0.395. The lowest BCUT2D eigenvalue weighted by Gasteiger charge is -2.12. The van der Waals surface area contributed by atoms with Crippen molar-refractivity contribution in [2.75, 3.05) is 12.4 Å². The largest absolute Gasteiger partial charge is 0.497 e. The number of carbonyl (C=O) groups excluding carboxylic acids is 3. The first kappa shape index (κ1) is 22.8. The third-order valence-electron chi connectivity index (χ3n) is 4.59. The lowest BCUT2D eigenvalue weighted by Crippen LogP contribution is -2.31. The standard InChI is InChI=1S/C25H21ClN2O4/c1-16(29)18-9-11-19(12-10-18)27-25(31)23(15-17-7-13-20(32-2)14-8-17)28-24(30)21-5-3-4-6-22(21)26/h3-15H,1-2H3,(H,27,31)(H,28,30)/b23-15+. The summed E-state index contributed by atoms with van der Waals surface area (Å²) in [5.74, 6) is -0.456. The van der Waals surface area contributed by atoms with Gasteiger partial charge in [0.05, 0.1) is 17.7 Å². The number of ether oxygens (including phenoxy) is 1. The summed E-state index contributed by atoms with van der Waals surface area (Å²) in [7, 11) is 1.56. The van der Waals surface area contributed by atoms with Crippen LogP contribution in [0.5, 0.6) is 5.75 Å². The van der Waals surface area contributed by atoms with Crippen molar-refractivity contribution in [1.29, 1.82) is 0 Å². The van der Waals surface area contributed by atoms with Crippen LogP contribution in [-0.4, -0.2) is 24.7 Å². The van der Waals surface area contributed by atoms with E-state index in [9.17, 15) is 14.4 Å². The van der Waals surface area contributed by atoms with E-state index in [1.807, 2.05) is 0 Å². The van der Waals surface area contributed by atoms with E-state index in [1.165, 1.54) is 6.92 Å². The number of Topliss-reactive ketones (excluding diaryl/α,β-unsaturated/α-hetero) is 1. The molecule has 7 heteroatoms. The maximum Gasteiger partial charge on any atom is 0.272 e. The molecule has 2 amide bonds. The number of benzene rings is 3. The highest BCUT2D eigenvalue weighted by molar-refractivity contribution is 6.34. The maximum absolute atomic E-state index is 13.0. The Morgan fingerprint density at radius 1 is 0.906 bits per heavy atom. The fourth-order valence-corrected chi connectivity index (χ4v) is 3.07. The van der Waals surface area contributed by atoms with Crippen molar-refractivity contribution in [3.63, 3.8) is 0 Å². The van der Waals surface area contributed by atoms with Crippen LogP contribution in [0.25, 0.3) is 6.08 Å². The van der Waals surface area contributed by atoms with Gasteiger partial charge >= 0.3 is 0 Å². The molecule has 3 aromatic carbocycles. The molecule has 162 valence electrons. The van der Waals surface area contributed by atoms with Crippen LogP contribution in [0, 0.1) is 0 Å². The lowest BCUT2D eigenvalue weighted by atomic mass is 10.1. The van der Waals surface area contributed by atoms with Gasteiger partial charge in [0.2, 0.25) is 0 Å². The zero-order chi connectivity index (χ0) is 23.1. The van der Waals surface area contributed by atoms with Crippen molar-refractivity contribution < 1.29 is 19.1 Å². The number of hydrogen-bond donors (Lipinski definition) is 2. The third kappa shape index (κ3) is 5.83. The molecule has 0 aliphatic rings. The molecule has 2 N–H and O–H groups in total. The number of carbonyl (C=O) groups is 3. The van der Waals surface area contributed by atoms with E-state index in [1.54, 1.807) is 86.0 Å². The van der Waals surface area contributed by atoms with Gasteiger partial charge in [0.15, 0.2) is 5.78 Å². The molecular weight excluding hydrogens is 428 g/mol. The molecular formula is C25H21ClN2O4. The number of methoxy groups -OCH3 is 1. The Morgan fingerprint density at radius 3 is 2.16 bits per heavy atom. The summed E-state index contributed by atoms with van der Waals surface area (Å²) in [6.07, 6.45) is 1.55. The van der Waals surface area contributed by atoms with Gasteiger partial charge in [0.25, 0.3) is 11.8 Å². The molecule has 32 heavy (non-hydrogen) atoms. The second-order valence-electron chi connectivity index (χ2n) is 6.85. The first-order valence-electron chi connectivity index (χ1n) is 9.71. The van der Waals surface area contributed by atoms with Crippen LogP contribution in [0.15, 0.2) is 78.5 Å². The fraction of sp³-hybridized carbons (Fsp3) is 0.0800. The highest BCUT2D eigenvalue weighted by atomic mass is 35.5. The molecule has 0 aliphatic heterocycles. The molecule has 0 aliphatic carbocycles. The van der Waals surface area contributed by atoms with E-state index >= 15 is 0 Å². The molecule has 0 atom stereocenters. The van der Waals surface area contributed by atoms with Gasteiger partial charge in [-0.3, -0.25) is 14.4 Å². The highest BCUT2D eigenvalue weighted by Gasteiger charge is 2.17. The van der Waals surface area contributed by atoms with E-state index in [4.69, 9.17) is 16.3 Å². The molecule has 0 aromatic heterocycles. The number of ketones is 1. The van der Waals surface area contributed by atoms with Crippen LogP contribution in [-0.2, 0) is 4.79 Å². The second-order valence-corrected chi connectivity index (χ2v) is 7.26. The second kappa shape index (κ2) is 10.4. The van der Waals surface area contributed by atoms with Gasteiger partial charge in [-0.1, -0.05) is 35.9 Å². The van der Waals surface area contributed by atoms with E-state index in [0.29, 0.717) is 22.6 Å². The number of halogens is 1. The molecule has 0 spiro atoms. The average molecular weight is 449 g/mol. The SMILES string of the molecule is COc1ccc(/C=C(/NC(=O)c2ccccc2Cl)C(=O)Nc2ccc(C(C)=O)cc2)cc1. The summed E-state index contributed by atoms with van der Waals surface area (Å²) in [4.78, 5) is 37.2. The number of amides is 2. The summed E-state index contributed by atoms with van der Waals surface area (Å²) in [5, 5.41) is 5.64. The summed E-state index contributed by atoms with van der Waals surface area (Å²) in [5.41, 5.74) is 1.96. The predicted molar refractivity (Wildman–Crippen MR) is 125 cm³/mol. The van der Waals surface area contributed by atoms with Gasteiger partial charge in [0.1, 0.15) is 11.4 Å². The van der Waals surface area contributed by atoms with Crippen LogP contribution in [0.2, 0.25) is 5.02 Å². The van der Waals surface area contributed by atoms with Crippen LogP contribution < -0.4 is 15.4 Å². The number of rotatable bonds is 7. The summed E-state index contributed by atoms with van der Waals surface area (Å²) in [6, 6.07) is 20.1. The topological polar surface area (TPSA) is 84.5 Å². The molecule has 3 rings (SSSR count). The van der Waals surface area contributed by atoms with Gasteiger partial charge in [-0.25, -0.2) is 0 Å². The van der Waals surface area contributed by atoms with Crippen LogP contribution in [0.4, 0.5) is 5.69 Å². The monoisotopic (exact) mass is 448 g/mol. The van der Waals surface area contributed by atoms with E-state index < -0.39 is 11.8 Å². The average Bonchev–Trinajstić information content (AvgIpc) is 2.79. The molecule has 0 heterocycles. The zero-order valence-electron chi connectivity index (χ0n) is 17.5. The van der Waals surface area contributed by atoms with Gasteiger partial charge in [-0.05, 0) is 67.1 Å². The Labute approximate surface area is 190 Å². The van der Waals surface area contributed by atoms with Crippen molar-refractivity contribution in [1.82, 2.24) is 5.32 Å². The molecule has 0 fully saturated rings. The maximum atomic E-state index is 13.0. The van der Waals surface area contributed by atoms with E-state index in [-0.39, 0.29) is 22.1 Å². The molecule has 0 radical (unpaired) electrons. The van der Waals surface area contributed by atoms with Crippen molar-refractivity contribution in [3.05, 3.63) is 100 Å². The highest BCUT2D eigenvalue weighted by Crippen LogP contribution is 2.18. The lowest BCUT2D eigenvalue weighted by molar-refractivity contribution is -0.113. The fourth-order valence-electron chi connectivity index (χ4n) is 2.85. The smallest absolute Gasteiger partial charge is 0.272 e. The molecule has 0 bridgehead atoms. The van der Waals surface area contributed by atoms with Crippen molar-refractivity contribution in [2.45, 2.75) is 6.92 Å². The van der Waals surface area contributed by atoms with Gasteiger partial charge < -0.3 is 15.4 Å². The van der Waals surface area contributed by atoms with Crippen molar-refractivity contribution in [2.24, 2.45) is 0 Å². The number of nitrogens with one attached hydrogen (secondary N) is 2. The summed E-state index contributed by atoms with van der Waals surface area (Å²) < 4.78 is 5.15. The Balaban J connectivity index is 1.88. The Kier molecular flexibility index (Phi) is 7.41. The Hall–Kier alpha value is -3.90. The molecule has 3 aromatic rings. The summed E-state index contributed by atoms with van der Waals surface area (Å²) in [6.45, 7) is 1.47. The van der Waals surface area contributed by atoms with Crippen LogP contribution >= 0.6 is 11.6 Å². The molecule has 0 saturated heterocycles. The van der Waals surface area contributed by atoms with Crippen molar-refractivity contribution in [3.8, 4) is 5.75 Å². The number of hydrogen-bond acceptors (Lipinski definition) is 4.